The van der Waals surface area contributed by atoms with Crippen molar-refractivity contribution in [2.24, 2.45) is 5.92 Å². The number of rotatable bonds is 1. The second-order valence-corrected chi connectivity index (χ2v) is 3.95. The summed E-state index contributed by atoms with van der Waals surface area (Å²) in [6.07, 6.45) is 3.67. The number of aliphatic hydroxyl groups excluding tert-OH is 1. The van der Waals surface area contributed by atoms with E-state index < -0.39 is 5.60 Å². The maximum absolute atomic E-state index is 9.84. The normalized spacial score (nSPS) is 42.0. The SMILES string of the molecule is C[C@H](O)[C@H]1CCCC[C@]1(C)O. The maximum atomic E-state index is 9.84. The van der Waals surface area contributed by atoms with Gasteiger partial charge in [0.15, 0.2) is 0 Å². The predicted molar refractivity (Wildman–Crippen MR) is 44.3 cm³/mol. The van der Waals surface area contributed by atoms with E-state index in [-0.39, 0.29) is 12.0 Å². The van der Waals surface area contributed by atoms with Crippen molar-refractivity contribution in [2.45, 2.75) is 51.2 Å². The average molecular weight is 158 g/mol. The maximum Gasteiger partial charge on any atom is 0.0672 e. The van der Waals surface area contributed by atoms with Crippen LogP contribution >= 0.6 is 0 Å². The van der Waals surface area contributed by atoms with Gasteiger partial charge in [0.05, 0.1) is 11.7 Å². The van der Waals surface area contributed by atoms with Gasteiger partial charge in [-0.1, -0.05) is 12.8 Å². The molecule has 0 aromatic heterocycles. The summed E-state index contributed by atoms with van der Waals surface area (Å²) in [6, 6.07) is 0. The van der Waals surface area contributed by atoms with E-state index in [1.165, 1.54) is 0 Å². The topological polar surface area (TPSA) is 40.5 Å². The smallest absolute Gasteiger partial charge is 0.0672 e. The lowest BCUT2D eigenvalue weighted by Gasteiger charge is -2.38. The first-order valence-electron chi connectivity index (χ1n) is 4.44. The monoisotopic (exact) mass is 158 g/mol. The number of hydrogen-bond donors (Lipinski definition) is 2. The first-order valence-corrected chi connectivity index (χ1v) is 4.44. The minimum Gasteiger partial charge on any atom is -0.393 e. The summed E-state index contributed by atoms with van der Waals surface area (Å²) in [5.74, 6) is 0.0799. The highest BCUT2D eigenvalue weighted by Gasteiger charge is 2.36. The van der Waals surface area contributed by atoms with Crippen molar-refractivity contribution in [3.8, 4) is 0 Å². The molecule has 1 saturated carbocycles. The second-order valence-electron chi connectivity index (χ2n) is 3.95. The van der Waals surface area contributed by atoms with Gasteiger partial charge in [-0.2, -0.15) is 0 Å². The van der Waals surface area contributed by atoms with Gasteiger partial charge in [0, 0.05) is 5.92 Å². The fourth-order valence-electron chi connectivity index (χ4n) is 2.10. The molecule has 0 saturated heterocycles. The Bertz CT molecular complexity index is 130. The molecule has 0 unspecified atom stereocenters. The molecular formula is C9H18O2. The first kappa shape index (κ1) is 9.01. The van der Waals surface area contributed by atoms with Gasteiger partial charge in [-0.05, 0) is 26.7 Å². The third-order valence-electron chi connectivity index (χ3n) is 2.83. The Morgan fingerprint density at radius 3 is 2.45 bits per heavy atom. The molecule has 0 heterocycles. The average Bonchev–Trinajstić information content (AvgIpc) is 1.85. The number of hydrogen-bond acceptors (Lipinski definition) is 2. The van der Waals surface area contributed by atoms with Gasteiger partial charge in [-0.25, -0.2) is 0 Å². The lowest BCUT2D eigenvalue weighted by molar-refractivity contribution is -0.0782. The van der Waals surface area contributed by atoms with E-state index in [0.29, 0.717) is 0 Å². The molecular weight excluding hydrogens is 140 g/mol. The van der Waals surface area contributed by atoms with E-state index in [0.717, 1.165) is 25.7 Å². The predicted octanol–water partition coefficient (Wildman–Crippen LogP) is 1.31. The fraction of sp³-hybridized carbons (Fsp3) is 1.00. The second kappa shape index (κ2) is 3.11. The van der Waals surface area contributed by atoms with E-state index in [1.807, 2.05) is 6.92 Å². The van der Waals surface area contributed by atoms with Crippen molar-refractivity contribution in [2.75, 3.05) is 0 Å². The van der Waals surface area contributed by atoms with Crippen molar-refractivity contribution >= 4 is 0 Å². The zero-order valence-electron chi connectivity index (χ0n) is 7.38. The molecule has 2 nitrogen and oxygen atoms in total. The van der Waals surface area contributed by atoms with Gasteiger partial charge < -0.3 is 10.2 Å². The van der Waals surface area contributed by atoms with Gasteiger partial charge in [0.25, 0.3) is 0 Å². The Morgan fingerprint density at radius 1 is 1.45 bits per heavy atom. The van der Waals surface area contributed by atoms with Crippen LogP contribution in [0.15, 0.2) is 0 Å². The van der Waals surface area contributed by atoms with Crippen molar-refractivity contribution in [1.29, 1.82) is 0 Å². The van der Waals surface area contributed by atoms with E-state index in [4.69, 9.17) is 0 Å². The van der Waals surface area contributed by atoms with Gasteiger partial charge in [-0.15, -0.1) is 0 Å². The highest BCUT2D eigenvalue weighted by atomic mass is 16.3. The molecule has 1 fully saturated rings. The third-order valence-corrected chi connectivity index (χ3v) is 2.83. The van der Waals surface area contributed by atoms with Gasteiger partial charge in [-0.3, -0.25) is 0 Å². The molecule has 0 bridgehead atoms. The van der Waals surface area contributed by atoms with Crippen LogP contribution in [0, 0.1) is 5.92 Å². The zero-order chi connectivity index (χ0) is 8.48. The van der Waals surface area contributed by atoms with Crippen molar-refractivity contribution in [3.63, 3.8) is 0 Å². The standard InChI is InChI=1S/C9H18O2/c1-7(10)8-5-3-4-6-9(8,2)11/h7-8,10-11H,3-6H2,1-2H3/t7-,8+,9-/m0/s1. The minimum absolute atomic E-state index is 0.0799. The molecule has 0 amide bonds. The van der Waals surface area contributed by atoms with E-state index in [1.54, 1.807) is 6.92 Å². The van der Waals surface area contributed by atoms with E-state index >= 15 is 0 Å². The lowest BCUT2D eigenvalue weighted by Crippen LogP contribution is -2.43. The molecule has 0 aromatic carbocycles. The van der Waals surface area contributed by atoms with Crippen LogP contribution in [0.5, 0.6) is 0 Å². The summed E-state index contributed by atoms with van der Waals surface area (Å²) in [6.45, 7) is 3.61. The number of aliphatic hydroxyl groups is 2. The van der Waals surface area contributed by atoms with Gasteiger partial charge in [0.2, 0.25) is 0 Å². The molecule has 2 heteroatoms. The van der Waals surface area contributed by atoms with E-state index in [9.17, 15) is 10.2 Å². The van der Waals surface area contributed by atoms with Crippen LogP contribution in [0.25, 0.3) is 0 Å². The van der Waals surface area contributed by atoms with E-state index in [2.05, 4.69) is 0 Å². The summed E-state index contributed by atoms with van der Waals surface area (Å²) >= 11 is 0. The molecule has 3 atom stereocenters. The summed E-state index contributed by atoms with van der Waals surface area (Å²) < 4.78 is 0. The van der Waals surface area contributed by atoms with Crippen LogP contribution in [0.1, 0.15) is 39.5 Å². The van der Waals surface area contributed by atoms with Crippen LogP contribution in [-0.4, -0.2) is 21.9 Å². The quantitative estimate of drug-likeness (QED) is 0.604. The Morgan fingerprint density at radius 2 is 2.09 bits per heavy atom. The van der Waals surface area contributed by atoms with Crippen LogP contribution in [0.4, 0.5) is 0 Å². The molecule has 2 N–H and O–H groups in total. The zero-order valence-corrected chi connectivity index (χ0v) is 7.38. The molecule has 0 spiro atoms. The van der Waals surface area contributed by atoms with Crippen molar-refractivity contribution in [3.05, 3.63) is 0 Å². The Hall–Kier alpha value is -0.0800. The molecule has 1 aliphatic rings. The molecule has 11 heavy (non-hydrogen) atoms. The Labute approximate surface area is 68.2 Å². The summed E-state index contributed by atoms with van der Waals surface area (Å²) in [4.78, 5) is 0. The summed E-state index contributed by atoms with van der Waals surface area (Å²) in [7, 11) is 0. The van der Waals surface area contributed by atoms with Crippen LogP contribution in [0.3, 0.4) is 0 Å². The van der Waals surface area contributed by atoms with Crippen LogP contribution < -0.4 is 0 Å². The molecule has 1 rings (SSSR count). The van der Waals surface area contributed by atoms with Gasteiger partial charge in [0.1, 0.15) is 0 Å². The fourth-order valence-corrected chi connectivity index (χ4v) is 2.10. The summed E-state index contributed by atoms with van der Waals surface area (Å²) in [5.41, 5.74) is -0.633. The lowest BCUT2D eigenvalue weighted by atomic mass is 9.74. The molecule has 66 valence electrons. The molecule has 0 aliphatic heterocycles. The van der Waals surface area contributed by atoms with Crippen LogP contribution in [0.2, 0.25) is 0 Å². The van der Waals surface area contributed by atoms with Crippen molar-refractivity contribution < 1.29 is 10.2 Å². The Kier molecular flexibility index (Phi) is 2.55. The highest BCUT2D eigenvalue weighted by Crippen LogP contribution is 2.35. The van der Waals surface area contributed by atoms with Crippen molar-refractivity contribution in [1.82, 2.24) is 0 Å². The van der Waals surface area contributed by atoms with Gasteiger partial charge >= 0.3 is 0 Å². The molecule has 0 aromatic rings. The summed E-state index contributed by atoms with van der Waals surface area (Å²) in [5, 5.41) is 19.2. The molecule has 1 aliphatic carbocycles. The molecule has 0 radical (unpaired) electrons. The first-order chi connectivity index (χ1) is 5.04. The largest absolute Gasteiger partial charge is 0.393 e. The van der Waals surface area contributed by atoms with Crippen LogP contribution in [-0.2, 0) is 0 Å². The third kappa shape index (κ3) is 1.94. The minimum atomic E-state index is -0.633. The highest BCUT2D eigenvalue weighted by molar-refractivity contribution is 4.88. The Balaban J connectivity index is 2.60.